The molecule has 1 rings (SSSR count). The number of aliphatic hydroxyl groups is 1. The third kappa shape index (κ3) is 5.26. The first-order chi connectivity index (χ1) is 9.38. The van der Waals surface area contributed by atoms with Gasteiger partial charge in [-0.05, 0) is 26.2 Å². The zero-order chi connectivity index (χ0) is 15.2. The summed E-state index contributed by atoms with van der Waals surface area (Å²) in [5, 5.41) is 27.1. The first kappa shape index (κ1) is 16.6. The van der Waals surface area contributed by atoms with Crippen LogP contribution >= 0.6 is 11.8 Å². The van der Waals surface area contributed by atoms with Crippen molar-refractivity contribution < 1.29 is 10.0 Å². The van der Waals surface area contributed by atoms with E-state index < -0.39 is 10.5 Å². The van der Waals surface area contributed by atoms with Gasteiger partial charge in [-0.25, -0.2) is 0 Å². The highest BCUT2D eigenvalue weighted by atomic mass is 32.2. The van der Waals surface area contributed by atoms with Gasteiger partial charge < -0.3 is 15.7 Å². The van der Waals surface area contributed by atoms with Crippen LogP contribution in [0.1, 0.15) is 13.8 Å². The van der Waals surface area contributed by atoms with Gasteiger partial charge in [0.25, 0.3) is 5.69 Å². The zero-order valence-corrected chi connectivity index (χ0v) is 12.8. The molecule has 0 heterocycles. The zero-order valence-electron chi connectivity index (χ0n) is 12.0. The summed E-state index contributed by atoms with van der Waals surface area (Å²) in [7, 11) is 0. The van der Waals surface area contributed by atoms with E-state index in [2.05, 4.69) is 10.6 Å². The second kappa shape index (κ2) is 7.35. The fourth-order valence-corrected chi connectivity index (χ4v) is 2.50. The molecule has 0 aliphatic heterocycles. The van der Waals surface area contributed by atoms with Gasteiger partial charge in [-0.2, -0.15) is 11.8 Å². The van der Waals surface area contributed by atoms with Gasteiger partial charge in [-0.15, -0.1) is 0 Å². The number of rotatable bonds is 8. The molecule has 0 bridgehead atoms. The normalized spacial score (nSPS) is 13.6. The molecule has 0 spiro atoms. The number of benzene rings is 1. The van der Waals surface area contributed by atoms with Crippen molar-refractivity contribution in [3.63, 3.8) is 0 Å². The molecular formula is C13H21N3O3S. The van der Waals surface area contributed by atoms with E-state index in [0.717, 1.165) is 0 Å². The number of thioether (sulfide) groups is 1. The van der Waals surface area contributed by atoms with Crippen molar-refractivity contribution in [1.82, 2.24) is 0 Å². The minimum absolute atomic E-state index is 0.0236. The molecule has 1 unspecified atom stereocenters. The van der Waals surface area contributed by atoms with Crippen LogP contribution in [0.25, 0.3) is 0 Å². The lowest BCUT2D eigenvalue weighted by molar-refractivity contribution is -0.384. The first-order valence-corrected chi connectivity index (χ1v) is 7.76. The molecular weight excluding hydrogens is 278 g/mol. The molecule has 0 saturated heterocycles. The SMILES string of the molecule is CCNc1cc(NCC(C)(O)CSC)cc([N+](=O)[O-])c1. The summed E-state index contributed by atoms with van der Waals surface area (Å²) >= 11 is 1.55. The van der Waals surface area contributed by atoms with Gasteiger partial charge >= 0.3 is 0 Å². The summed E-state index contributed by atoms with van der Waals surface area (Å²) in [5.74, 6) is 0.592. The fourth-order valence-electron chi connectivity index (χ4n) is 1.78. The van der Waals surface area contributed by atoms with E-state index in [1.165, 1.54) is 12.1 Å². The molecule has 0 fully saturated rings. The highest BCUT2D eigenvalue weighted by Gasteiger charge is 2.19. The average molecular weight is 299 g/mol. The Kier molecular flexibility index (Phi) is 6.09. The number of nitrogens with one attached hydrogen (secondary N) is 2. The molecule has 0 aliphatic rings. The smallest absolute Gasteiger partial charge is 0.273 e. The van der Waals surface area contributed by atoms with Crippen molar-refractivity contribution in [2.24, 2.45) is 0 Å². The quantitative estimate of drug-likeness (QED) is 0.505. The molecule has 1 aromatic carbocycles. The lowest BCUT2D eigenvalue weighted by Gasteiger charge is -2.23. The Morgan fingerprint density at radius 2 is 1.95 bits per heavy atom. The van der Waals surface area contributed by atoms with E-state index >= 15 is 0 Å². The lowest BCUT2D eigenvalue weighted by atomic mass is 10.1. The highest BCUT2D eigenvalue weighted by Crippen LogP contribution is 2.25. The lowest BCUT2D eigenvalue weighted by Crippen LogP contribution is -2.36. The Morgan fingerprint density at radius 3 is 2.45 bits per heavy atom. The van der Waals surface area contributed by atoms with E-state index in [4.69, 9.17) is 0 Å². The van der Waals surface area contributed by atoms with Crippen LogP contribution < -0.4 is 10.6 Å². The third-order valence-electron chi connectivity index (χ3n) is 2.64. The average Bonchev–Trinajstić information content (AvgIpc) is 2.36. The van der Waals surface area contributed by atoms with Crippen molar-refractivity contribution in [1.29, 1.82) is 0 Å². The number of non-ortho nitro benzene ring substituents is 1. The van der Waals surface area contributed by atoms with Gasteiger partial charge in [0.05, 0.1) is 10.5 Å². The van der Waals surface area contributed by atoms with Crippen molar-refractivity contribution in [3.05, 3.63) is 28.3 Å². The van der Waals surface area contributed by atoms with Gasteiger partial charge in [-0.1, -0.05) is 0 Å². The Bertz CT molecular complexity index is 466. The molecule has 7 heteroatoms. The van der Waals surface area contributed by atoms with Crippen LogP contribution in [-0.2, 0) is 0 Å². The summed E-state index contributed by atoms with van der Waals surface area (Å²) in [6.45, 7) is 4.68. The molecule has 3 N–H and O–H groups in total. The van der Waals surface area contributed by atoms with Gasteiger partial charge in [0.2, 0.25) is 0 Å². The van der Waals surface area contributed by atoms with Crippen LogP contribution in [-0.4, -0.2) is 40.7 Å². The van der Waals surface area contributed by atoms with Crippen LogP contribution in [0.15, 0.2) is 18.2 Å². The van der Waals surface area contributed by atoms with Gasteiger partial charge in [0.15, 0.2) is 0 Å². The van der Waals surface area contributed by atoms with Crippen LogP contribution in [0.3, 0.4) is 0 Å². The fraction of sp³-hybridized carbons (Fsp3) is 0.538. The summed E-state index contributed by atoms with van der Waals surface area (Å²) in [6, 6.07) is 4.76. The summed E-state index contributed by atoms with van der Waals surface area (Å²) < 4.78 is 0. The number of nitrogens with zero attached hydrogens (tertiary/aromatic N) is 1. The maximum Gasteiger partial charge on any atom is 0.273 e. The van der Waals surface area contributed by atoms with Gasteiger partial charge in [0, 0.05) is 42.3 Å². The summed E-state index contributed by atoms with van der Waals surface area (Å²) in [6.07, 6.45) is 1.92. The molecule has 0 amide bonds. The number of anilines is 2. The van der Waals surface area contributed by atoms with Crippen molar-refractivity contribution in [2.75, 3.05) is 35.7 Å². The van der Waals surface area contributed by atoms with Crippen LogP contribution in [0.4, 0.5) is 17.1 Å². The topological polar surface area (TPSA) is 87.4 Å². The largest absolute Gasteiger partial charge is 0.387 e. The Balaban J connectivity index is 2.85. The van der Waals surface area contributed by atoms with E-state index in [-0.39, 0.29) is 5.69 Å². The Labute approximate surface area is 123 Å². The van der Waals surface area contributed by atoms with Crippen LogP contribution in [0.2, 0.25) is 0 Å². The summed E-state index contributed by atoms with van der Waals surface area (Å²) in [4.78, 5) is 10.5. The molecule has 1 aromatic rings. The molecule has 0 aromatic heterocycles. The first-order valence-electron chi connectivity index (χ1n) is 6.36. The number of hydrogen-bond donors (Lipinski definition) is 3. The predicted octanol–water partition coefficient (Wildman–Crippen LogP) is 2.55. The van der Waals surface area contributed by atoms with E-state index in [1.807, 2.05) is 13.2 Å². The molecule has 0 radical (unpaired) electrons. The molecule has 20 heavy (non-hydrogen) atoms. The van der Waals surface area contributed by atoms with Gasteiger partial charge in [0.1, 0.15) is 0 Å². The minimum atomic E-state index is -0.859. The third-order valence-corrected chi connectivity index (χ3v) is 3.55. The minimum Gasteiger partial charge on any atom is -0.387 e. The number of nitro benzene ring substituents is 1. The number of nitro groups is 1. The standard InChI is InChI=1S/C13H21N3O3S/c1-4-14-10-5-11(7-12(6-10)16(18)19)15-8-13(2,17)9-20-3/h5-7,14-15,17H,4,8-9H2,1-3H3. The molecule has 6 nitrogen and oxygen atoms in total. The van der Waals surface area contributed by atoms with Gasteiger partial charge in [-0.3, -0.25) is 10.1 Å². The predicted molar refractivity (Wildman–Crippen MR) is 84.8 cm³/mol. The monoisotopic (exact) mass is 299 g/mol. The van der Waals surface area contributed by atoms with Crippen molar-refractivity contribution in [2.45, 2.75) is 19.4 Å². The van der Waals surface area contributed by atoms with E-state index in [1.54, 1.807) is 24.8 Å². The van der Waals surface area contributed by atoms with Crippen molar-refractivity contribution in [3.8, 4) is 0 Å². The van der Waals surface area contributed by atoms with Crippen LogP contribution in [0, 0.1) is 10.1 Å². The van der Waals surface area contributed by atoms with Crippen LogP contribution in [0.5, 0.6) is 0 Å². The molecule has 0 saturated carbocycles. The van der Waals surface area contributed by atoms with E-state index in [9.17, 15) is 15.2 Å². The number of hydrogen-bond acceptors (Lipinski definition) is 6. The second-order valence-electron chi connectivity index (χ2n) is 4.84. The van der Waals surface area contributed by atoms with E-state index in [0.29, 0.717) is 30.2 Å². The molecule has 1 atom stereocenters. The maximum absolute atomic E-state index is 10.9. The Hall–Kier alpha value is -1.47. The Morgan fingerprint density at radius 1 is 1.35 bits per heavy atom. The molecule has 0 aliphatic carbocycles. The molecule has 112 valence electrons. The van der Waals surface area contributed by atoms with Crippen molar-refractivity contribution >= 4 is 28.8 Å². The second-order valence-corrected chi connectivity index (χ2v) is 5.71. The maximum atomic E-state index is 10.9. The summed E-state index contributed by atoms with van der Waals surface area (Å²) in [5.41, 5.74) is 0.475. The highest BCUT2D eigenvalue weighted by molar-refractivity contribution is 7.98.